The van der Waals surface area contributed by atoms with Crippen molar-refractivity contribution in [2.75, 3.05) is 13.7 Å². The number of nitrogens with zero attached hydrogens (tertiary/aromatic N) is 2. The van der Waals surface area contributed by atoms with Crippen LogP contribution in [0.25, 0.3) is 0 Å². The van der Waals surface area contributed by atoms with Crippen molar-refractivity contribution in [2.45, 2.75) is 58.5 Å². The smallest absolute Gasteiger partial charge is 0.339 e. The molecule has 1 aromatic carbocycles. The largest absolute Gasteiger partial charge is 0.467 e. The highest BCUT2D eigenvalue weighted by Gasteiger charge is 2.27. The molecule has 0 radical (unpaired) electrons. The van der Waals surface area contributed by atoms with E-state index in [9.17, 15) is 14.4 Å². The molecule has 0 spiro atoms. The van der Waals surface area contributed by atoms with Crippen LogP contribution in [0.2, 0.25) is 0 Å². The molecule has 0 aliphatic heterocycles. The van der Waals surface area contributed by atoms with Crippen LogP contribution in [0.15, 0.2) is 53.1 Å². The van der Waals surface area contributed by atoms with Gasteiger partial charge in [-0.1, -0.05) is 31.4 Å². The Bertz CT molecular complexity index is 1200. The van der Waals surface area contributed by atoms with E-state index in [1.165, 1.54) is 6.42 Å². The first-order chi connectivity index (χ1) is 16.9. The van der Waals surface area contributed by atoms with Crippen LogP contribution in [0.4, 0.5) is 0 Å². The van der Waals surface area contributed by atoms with E-state index >= 15 is 0 Å². The minimum absolute atomic E-state index is 0.177. The predicted octanol–water partition coefficient (Wildman–Crippen LogP) is 5.19. The average Bonchev–Trinajstić information content (AvgIpc) is 3.50. The highest BCUT2D eigenvalue weighted by atomic mass is 16.5. The zero-order valence-electron chi connectivity index (χ0n) is 20.6. The number of carbonyl (C=O) groups is 3. The van der Waals surface area contributed by atoms with Crippen molar-refractivity contribution in [1.82, 2.24) is 9.47 Å². The number of ketones is 1. The lowest BCUT2D eigenvalue weighted by molar-refractivity contribution is 0.0468. The molecule has 0 atom stereocenters. The number of hydrogen-bond donors (Lipinski definition) is 0. The van der Waals surface area contributed by atoms with Gasteiger partial charge < -0.3 is 18.6 Å². The SMILES string of the molecule is Cc1cc(C(=O)COC(=O)c2ccccc2C(=O)N(C)C2CCCCC2)c(C)n1Cc1ccco1. The summed E-state index contributed by atoms with van der Waals surface area (Å²) in [6, 6.07) is 12.3. The van der Waals surface area contributed by atoms with E-state index in [-0.39, 0.29) is 23.3 Å². The quantitative estimate of drug-likeness (QED) is 0.330. The van der Waals surface area contributed by atoms with E-state index in [2.05, 4.69) is 0 Å². The van der Waals surface area contributed by atoms with Crippen molar-refractivity contribution in [1.29, 1.82) is 0 Å². The predicted molar refractivity (Wildman–Crippen MR) is 132 cm³/mol. The number of amides is 1. The Balaban J connectivity index is 1.44. The van der Waals surface area contributed by atoms with Gasteiger partial charge in [0.25, 0.3) is 5.91 Å². The van der Waals surface area contributed by atoms with Crippen LogP contribution < -0.4 is 0 Å². The molecule has 4 rings (SSSR count). The molecular formula is C28H32N2O5. The second-order valence-corrected chi connectivity index (χ2v) is 9.20. The van der Waals surface area contributed by atoms with Gasteiger partial charge in [-0.25, -0.2) is 4.79 Å². The summed E-state index contributed by atoms with van der Waals surface area (Å²) in [6.07, 6.45) is 6.97. The molecule has 2 heterocycles. The second kappa shape index (κ2) is 10.8. The molecule has 3 aromatic rings. The van der Waals surface area contributed by atoms with Crippen LogP contribution in [0.3, 0.4) is 0 Å². The Morgan fingerprint density at radius 2 is 1.71 bits per heavy atom. The van der Waals surface area contributed by atoms with Gasteiger partial charge in [-0.05, 0) is 57.0 Å². The number of benzene rings is 1. The number of hydrogen-bond acceptors (Lipinski definition) is 5. The van der Waals surface area contributed by atoms with Crippen LogP contribution in [0, 0.1) is 13.8 Å². The van der Waals surface area contributed by atoms with Crippen molar-refractivity contribution >= 4 is 17.7 Å². The Morgan fingerprint density at radius 1 is 1.00 bits per heavy atom. The molecule has 1 saturated carbocycles. The molecule has 1 fully saturated rings. The first-order valence-corrected chi connectivity index (χ1v) is 12.1. The molecule has 35 heavy (non-hydrogen) atoms. The molecule has 1 aliphatic carbocycles. The lowest BCUT2D eigenvalue weighted by atomic mass is 9.94. The summed E-state index contributed by atoms with van der Waals surface area (Å²) >= 11 is 0. The minimum Gasteiger partial charge on any atom is -0.467 e. The molecule has 7 heteroatoms. The molecule has 0 N–H and O–H groups in total. The summed E-state index contributed by atoms with van der Waals surface area (Å²) in [6.45, 7) is 3.90. The number of furan rings is 1. The van der Waals surface area contributed by atoms with E-state index < -0.39 is 12.6 Å². The summed E-state index contributed by atoms with van der Waals surface area (Å²) < 4.78 is 12.8. The zero-order valence-corrected chi connectivity index (χ0v) is 20.6. The standard InChI is InChI=1S/C28H32N2O5/c1-19-16-25(20(2)30(19)17-22-12-9-15-34-22)26(31)18-35-28(33)24-14-8-7-13-23(24)27(32)29(3)21-10-5-4-6-11-21/h7-9,12-16,21H,4-6,10-11,17-18H2,1-3H3. The summed E-state index contributed by atoms with van der Waals surface area (Å²) in [5, 5.41) is 0. The second-order valence-electron chi connectivity index (χ2n) is 9.20. The maximum absolute atomic E-state index is 13.2. The van der Waals surface area contributed by atoms with Crippen LogP contribution in [0.5, 0.6) is 0 Å². The van der Waals surface area contributed by atoms with E-state index in [4.69, 9.17) is 9.15 Å². The van der Waals surface area contributed by atoms with Gasteiger partial charge in [-0.15, -0.1) is 0 Å². The Labute approximate surface area is 205 Å². The van der Waals surface area contributed by atoms with Crippen LogP contribution in [-0.4, -0.2) is 46.8 Å². The molecule has 0 unspecified atom stereocenters. The van der Waals surface area contributed by atoms with E-state index in [0.717, 1.165) is 42.8 Å². The fourth-order valence-corrected chi connectivity index (χ4v) is 4.84. The van der Waals surface area contributed by atoms with Crippen molar-refractivity contribution in [3.05, 3.63) is 82.6 Å². The van der Waals surface area contributed by atoms with Gasteiger partial charge >= 0.3 is 5.97 Å². The molecule has 7 nitrogen and oxygen atoms in total. The van der Waals surface area contributed by atoms with Crippen molar-refractivity contribution in [3.63, 3.8) is 0 Å². The van der Waals surface area contributed by atoms with Crippen molar-refractivity contribution in [3.8, 4) is 0 Å². The van der Waals surface area contributed by atoms with Crippen molar-refractivity contribution in [2.24, 2.45) is 0 Å². The van der Waals surface area contributed by atoms with Crippen molar-refractivity contribution < 1.29 is 23.5 Å². The molecule has 184 valence electrons. The number of esters is 1. The summed E-state index contributed by atoms with van der Waals surface area (Å²) in [4.78, 5) is 40.7. The van der Waals surface area contributed by atoms with Gasteiger partial charge in [-0.2, -0.15) is 0 Å². The van der Waals surface area contributed by atoms with Crippen LogP contribution in [0.1, 0.15) is 80.3 Å². The number of aryl methyl sites for hydroxylation is 1. The third kappa shape index (κ3) is 5.39. The highest BCUT2D eigenvalue weighted by molar-refractivity contribution is 6.06. The fourth-order valence-electron chi connectivity index (χ4n) is 4.84. The first-order valence-electron chi connectivity index (χ1n) is 12.1. The Kier molecular flexibility index (Phi) is 7.54. The number of carbonyl (C=O) groups excluding carboxylic acids is 3. The average molecular weight is 477 g/mol. The maximum Gasteiger partial charge on any atom is 0.339 e. The van der Waals surface area contributed by atoms with Gasteiger partial charge in [0.1, 0.15) is 5.76 Å². The lowest BCUT2D eigenvalue weighted by Crippen LogP contribution is -2.39. The molecule has 1 aliphatic rings. The van der Waals surface area contributed by atoms with Gasteiger partial charge in [0.15, 0.2) is 6.61 Å². The Morgan fingerprint density at radius 3 is 2.40 bits per heavy atom. The fraction of sp³-hybridized carbons (Fsp3) is 0.393. The highest BCUT2D eigenvalue weighted by Crippen LogP contribution is 2.24. The summed E-state index contributed by atoms with van der Waals surface area (Å²) in [7, 11) is 1.79. The van der Waals surface area contributed by atoms with E-state index in [0.29, 0.717) is 17.7 Å². The first kappa shape index (κ1) is 24.5. The van der Waals surface area contributed by atoms with Crippen LogP contribution in [-0.2, 0) is 11.3 Å². The summed E-state index contributed by atoms with van der Waals surface area (Å²) in [5.41, 5.74) is 2.68. The molecular weight excluding hydrogens is 444 g/mol. The van der Waals surface area contributed by atoms with Gasteiger partial charge in [0.2, 0.25) is 5.78 Å². The lowest BCUT2D eigenvalue weighted by Gasteiger charge is -2.31. The Hall–Kier alpha value is -3.61. The van der Waals surface area contributed by atoms with Gasteiger partial charge in [0, 0.05) is 30.0 Å². The number of Topliss-reactive ketones (excluding diaryl/α,β-unsaturated/α-hetero) is 1. The molecule has 1 amide bonds. The minimum atomic E-state index is -0.677. The third-order valence-electron chi connectivity index (χ3n) is 6.92. The van der Waals surface area contributed by atoms with Gasteiger partial charge in [0.05, 0.1) is 23.9 Å². The number of ether oxygens (including phenoxy) is 1. The topological polar surface area (TPSA) is 81.8 Å². The monoisotopic (exact) mass is 476 g/mol. The number of rotatable bonds is 8. The number of aromatic nitrogens is 1. The summed E-state index contributed by atoms with van der Waals surface area (Å²) in [5.74, 6) is -0.377. The molecule has 2 aromatic heterocycles. The van der Waals surface area contributed by atoms with E-state index in [1.807, 2.05) is 30.5 Å². The maximum atomic E-state index is 13.2. The molecule has 0 saturated heterocycles. The van der Waals surface area contributed by atoms with E-state index in [1.54, 1.807) is 48.5 Å². The van der Waals surface area contributed by atoms with Gasteiger partial charge in [-0.3, -0.25) is 9.59 Å². The van der Waals surface area contributed by atoms with Crippen LogP contribution >= 0.6 is 0 Å². The zero-order chi connectivity index (χ0) is 24.9. The third-order valence-corrected chi connectivity index (χ3v) is 6.92. The normalized spacial score (nSPS) is 14.0. The molecule has 0 bridgehead atoms.